The summed E-state index contributed by atoms with van der Waals surface area (Å²) in [6, 6.07) is 0.140. The van der Waals surface area contributed by atoms with E-state index in [4.69, 9.17) is 5.73 Å². The van der Waals surface area contributed by atoms with Crippen molar-refractivity contribution in [1.29, 1.82) is 0 Å². The summed E-state index contributed by atoms with van der Waals surface area (Å²) in [5.41, 5.74) is 6.06. The van der Waals surface area contributed by atoms with E-state index in [9.17, 15) is 4.79 Å². The van der Waals surface area contributed by atoms with Gasteiger partial charge in [0.05, 0.1) is 0 Å². The van der Waals surface area contributed by atoms with Crippen LogP contribution in [0.5, 0.6) is 0 Å². The predicted octanol–water partition coefficient (Wildman–Crippen LogP) is 3.04. The Morgan fingerprint density at radius 2 is 1.93 bits per heavy atom. The standard InChI is InChI=1S/C13H25NO/c1-2-3-5-10-13(15)11-8-6-4-7-9-12(11)14/h11-12H,2-10,14H2,1H3. The molecule has 0 aliphatic heterocycles. The molecule has 0 aromatic heterocycles. The van der Waals surface area contributed by atoms with Gasteiger partial charge < -0.3 is 5.73 Å². The minimum atomic E-state index is 0.140. The zero-order valence-electron chi connectivity index (χ0n) is 10.0. The van der Waals surface area contributed by atoms with Crippen LogP contribution < -0.4 is 5.73 Å². The molecule has 0 spiro atoms. The van der Waals surface area contributed by atoms with Crippen molar-refractivity contribution in [3.63, 3.8) is 0 Å². The maximum Gasteiger partial charge on any atom is 0.137 e. The van der Waals surface area contributed by atoms with E-state index in [0.29, 0.717) is 5.78 Å². The monoisotopic (exact) mass is 211 g/mol. The first-order valence-electron chi connectivity index (χ1n) is 6.54. The Bertz CT molecular complexity index is 191. The lowest BCUT2D eigenvalue weighted by atomic mass is 9.89. The van der Waals surface area contributed by atoms with Crippen LogP contribution in [0.15, 0.2) is 0 Å². The van der Waals surface area contributed by atoms with Gasteiger partial charge in [0, 0.05) is 18.4 Å². The number of hydrogen-bond donors (Lipinski definition) is 1. The molecule has 15 heavy (non-hydrogen) atoms. The molecule has 2 atom stereocenters. The minimum absolute atomic E-state index is 0.140. The van der Waals surface area contributed by atoms with Crippen molar-refractivity contribution in [3.8, 4) is 0 Å². The molecule has 1 aliphatic rings. The molecular formula is C13H25NO. The predicted molar refractivity (Wildman–Crippen MR) is 63.7 cm³/mol. The van der Waals surface area contributed by atoms with Gasteiger partial charge >= 0.3 is 0 Å². The summed E-state index contributed by atoms with van der Waals surface area (Å²) < 4.78 is 0. The van der Waals surface area contributed by atoms with Crippen molar-refractivity contribution in [3.05, 3.63) is 0 Å². The van der Waals surface area contributed by atoms with Crippen LogP contribution in [0.25, 0.3) is 0 Å². The lowest BCUT2D eigenvalue weighted by Crippen LogP contribution is -2.34. The summed E-state index contributed by atoms with van der Waals surface area (Å²) in [4.78, 5) is 12.0. The zero-order valence-corrected chi connectivity index (χ0v) is 10.0. The van der Waals surface area contributed by atoms with Gasteiger partial charge in [0.25, 0.3) is 0 Å². The van der Waals surface area contributed by atoms with Gasteiger partial charge in [-0.1, -0.05) is 39.0 Å². The van der Waals surface area contributed by atoms with Gasteiger partial charge in [-0.3, -0.25) is 4.79 Å². The number of hydrogen-bond acceptors (Lipinski definition) is 2. The highest BCUT2D eigenvalue weighted by Crippen LogP contribution is 2.24. The molecule has 0 aromatic rings. The second kappa shape index (κ2) is 7.00. The Labute approximate surface area is 93.6 Å². The van der Waals surface area contributed by atoms with E-state index >= 15 is 0 Å². The quantitative estimate of drug-likeness (QED) is 0.561. The Morgan fingerprint density at radius 3 is 2.67 bits per heavy atom. The van der Waals surface area contributed by atoms with Crippen LogP contribution in [0.4, 0.5) is 0 Å². The molecule has 0 amide bonds. The molecule has 2 N–H and O–H groups in total. The summed E-state index contributed by atoms with van der Waals surface area (Å²) >= 11 is 0. The Morgan fingerprint density at radius 1 is 1.20 bits per heavy atom. The van der Waals surface area contributed by atoms with Crippen LogP contribution in [-0.2, 0) is 4.79 Å². The van der Waals surface area contributed by atoms with Gasteiger partial charge in [0.15, 0.2) is 0 Å². The van der Waals surface area contributed by atoms with Crippen LogP contribution in [0.3, 0.4) is 0 Å². The number of carbonyl (C=O) groups is 1. The highest BCUT2D eigenvalue weighted by atomic mass is 16.1. The second-order valence-electron chi connectivity index (χ2n) is 4.83. The zero-order chi connectivity index (χ0) is 11.1. The molecule has 1 saturated carbocycles. The van der Waals surface area contributed by atoms with Gasteiger partial charge in [-0.05, 0) is 19.3 Å². The van der Waals surface area contributed by atoms with E-state index < -0.39 is 0 Å². The van der Waals surface area contributed by atoms with E-state index in [2.05, 4.69) is 6.92 Å². The van der Waals surface area contributed by atoms with Crippen molar-refractivity contribution in [2.75, 3.05) is 0 Å². The van der Waals surface area contributed by atoms with E-state index in [1.54, 1.807) is 0 Å². The van der Waals surface area contributed by atoms with Crippen molar-refractivity contribution in [1.82, 2.24) is 0 Å². The van der Waals surface area contributed by atoms with E-state index in [1.807, 2.05) is 0 Å². The fraction of sp³-hybridized carbons (Fsp3) is 0.923. The van der Waals surface area contributed by atoms with Gasteiger partial charge in [-0.15, -0.1) is 0 Å². The van der Waals surface area contributed by atoms with Gasteiger partial charge in [-0.25, -0.2) is 0 Å². The van der Waals surface area contributed by atoms with Crippen molar-refractivity contribution in [2.45, 2.75) is 70.8 Å². The first-order valence-corrected chi connectivity index (χ1v) is 6.54. The second-order valence-corrected chi connectivity index (χ2v) is 4.83. The largest absolute Gasteiger partial charge is 0.327 e. The third-order valence-corrected chi connectivity index (χ3v) is 3.51. The Hall–Kier alpha value is -0.370. The summed E-state index contributed by atoms with van der Waals surface area (Å²) in [5.74, 6) is 0.599. The molecular weight excluding hydrogens is 186 g/mol. The molecule has 2 heteroatoms. The molecule has 0 aromatic carbocycles. The molecule has 1 fully saturated rings. The first kappa shape index (κ1) is 12.7. The summed E-state index contributed by atoms with van der Waals surface area (Å²) in [6.07, 6.45) is 9.91. The molecule has 0 heterocycles. The van der Waals surface area contributed by atoms with Crippen LogP contribution in [0, 0.1) is 5.92 Å². The summed E-state index contributed by atoms with van der Waals surface area (Å²) in [7, 11) is 0. The SMILES string of the molecule is CCCCCC(=O)C1CCCCCC1N. The first-order chi connectivity index (χ1) is 7.25. The summed E-state index contributed by atoms with van der Waals surface area (Å²) in [6.45, 7) is 2.17. The molecule has 0 bridgehead atoms. The topological polar surface area (TPSA) is 43.1 Å². The number of Topliss-reactive ketones (excluding diaryl/α,β-unsaturated/α-hetero) is 1. The van der Waals surface area contributed by atoms with Gasteiger partial charge in [-0.2, -0.15) is 0 Å². The van der Waals surface area contributed by atoms with E-state index in [-0.39, 0.29) is 12.0 Å². The van der Waals surface area contributed by atoms with Crippen molar-refractivity contribution >= 4 is 5.78 Å². The number of rotatable bonds is 5. The molecule has 2 nitrogen and oxygen atoms in total. The normalized spacial score (nSPS) is 27.3. The Kier molecular flexibility index (Phi) is 5.92. The number of unbranched alkanes of at least 4 members (excludes halogenated alkanes) is 2. The van der Waals surface area contributed by atoms with Crippen LogP contribution in [-0.4, -0.2) is 11.8 Å². The fourth-order valence-corrected chi connectivity index (χ4v) is 2.47. The van der Waals surface area contributed by atoms with Gasteiger partial charge in [0.1, 0.15) is 5.78 Å². The van der Waals surface area contributed by atoms with Crippen molar-refractivity contribution < 1.29 is 4.79 Å². The minimum Gasteiger partial charge on any atom is -0.327 e. The average molecular weight is 211 g/mol. The van der Waals surface area contributed by atoms with Crippen LogP contribution in [0.2, 0.25) is 0 Å². The third kappa shape index (κ3) is 4.33. The maximum absolute atomic E-state index is 12.0. The Balaban J connectivity index is 2.34. The van der Waals surface area contributed by atoms with Gasteiger partial charge in [0.2, 0.25) is 0 Å². The lowest BCUT2D eigenvalue weighted by molar-refractivity contribution is -0.123. The van der Waals surface area contributed by atoms with E-state index in [1.165, 1.54) is 32.1 Å². The highest BCUT2D eigenvalue weighted by molar-refractivity contribution is 5.81. The number of ketones is 1. The van der Waals surface area contributed by atoms with E-state index in [0.717, 1.165) is 25.7 Å². The number of nitrogens with two attached hydrogens (primary N) is 1. The molecule has 88 valence electrons. The third-order valence-electron chi connectivity index (χ3n) is 3.51. The smallest absolute Gasteiger partial charge is 0.137 e. The average Bonchev–Trinajstić information content (AvgIpc) is 2.43. The van der Waals surface area contributed by atoms with Crippen LogP contribution >= 0.6 is 0 Å². The fourth-order valence-electron chi connectivity index (χ4n) is 2.47. The molecule has 1 aliphatic carbocycles. The molecule has 2 unspecified atom stereocenters. The van der Waals surface area contributed by atoms with Crippen LogP contribution in [0.1, 0.15) is 64.7 Å². The lowest BCUT2D eigenvalue weighted by Gasteiger charge is -2.19. The maximum atomic E-state index is 12.0. The molecule has 1 rings (SSSR count). The van der Waals surface area contributed by atoms with Crippen molar-refractivity contribution in [2.24, 2.45) is 11.7 Å². The number of carbonyl (C=O) groups excluding carboxylic acids is 1. The molecule has 0 radical (unpaired) electrons. The molecule has 0 saturated heterocycles. The summed E-state index contributed by atoms with van der Waals surface area (Å²) in [5, 5.41) is 0. The highest BCUT2D eigenvalue weighted by Gasteiger charge is 2.25.